The van der Waals surface area contributed by atoms with Crippen molar-refractivity contribution in [2.75, 3.05) is 5.32 Å². The zero-order valence-corrected chi connectivity index (χ0v) is 16.0. The number of thioether (sulfide) groups is 1. The van der Waals surface area contributed by atoms with Crippen molar-refractivity contribution in [1.82, 2.24) is 9.97 Å². The molecule has 2 rings (SSSR count). The van der Waals surface area contributed by atoms with Crippen molar-refractivity contribution < 1.29 is 13.2 Å². The van der Waals surface area contributed by atoms with Gasteiger partial charge in [-0.25, -0.2) is 18.5 Å². The Kier molecular flexibility index (Phi) is 6.57. The summed E-state index contributed by atoms with van der Waals surface area (Å²) in [6, 6.07) is 6.99. The van der Waals surface area contributed by atoms with Crippen molar-refractivity contribution in [2.45, 2.75) is 42.0 Å². The third-order valence-corrected chi connectivity index (χ3v) is 5.30. The Morgan fingerprint density at radius 2 is 2.00 bits per heavy atom. The summed E-state index contributed by atoms with van der Waals surface area (Å²) in [6.45, 7) is 3.68. The standard InChI is InChI=1S/C16H20N4O4S2/c1-3-4-12-9-14(21)20-16(19-12)25-10(2)15(22)18-11-5-7-13(8-6-11)26(17,23)24/h5-10H,3-4H2,1-2H3,(H,18,22)(H2,17,23,24)(H,19,20,21). The highest BCUT2D eigenvalue weighted by atomic mass is 32.2. The SMILES string of the molecule is CCCc1cc(=O)[nH]c(SC(C)C(=O)Nc2ccc(S(N)(=O)=O)cc2)n1. The Hall–Kier alpha value is -2.17. The van der Waals surface area contributed by atoms with E-state index in [-0.39, 0.29) is 16.4 Å². The van der Waals surface area contributed by atoms with Gasteiger partial charge in [0.25, 0.3) is 5.56 Å². The first-order valence-corrected chi connectivity index (χ1v) is 10.3. The van der Waals surface area contributed by atoms with E-state index in [1.807, 2.05) is 6.92 Å². The molecule has 1 unspecified atom stereocenters. The Balaban J connectivity index is 2.05. The van der Waals surface area contributed by atoms with Crippen LogP contribution >= 0.6 is 11.8 Å². The van der Waals surface area contributed by atoms with E-state index in [1.165, 1.54) is 30.3 Å². The van der Waals surface area contributed by atoms with Crippen LogP contribution in [0.4, 0.5) is 5.69 Å². The molecule has 1 atom stereocenters. The molecule has 26 heavy (non-hydrogen) atoms. The summed E-state index contributed by atoms with van der Waals surface area (Å²) in [4.78, 5) is 30.9. The third kappa shape index (κ3) is 5.68. The summed E-state index contributed by atoms with van der Waals surface area (Å²) in [5.41, 5.74) is 0.873. The fourth-order valence-electron chi connectivity index (χ4n) is 2.12. The number of H-pyrrole nitrogens is 1. The molecule has 0 radical (unpaired) electrons. The van der Waals surface area contributed by atoms with Crippen LogP contribution in [0.2, 0.25) is 0 Å². The van der Waals surface area contributed by atoms with E-state index in [2.05, 4.69) is 15.3 Å². The average Bonchev–Trinajstić information content (AvgIpc) is 2.54. The molecule has 0 aliphatic carbocycles. The molecule has 0 aliphatic heterocycles. The minimum Gasteiger partial charge on any atom is -0.325 e. The fourth-order valence-corrected chi connectivity index (χ4v) is 3.46. The van der Waals surface area contributed by atoms with Crippen molar-refractivity contribution in [2.24, 2.45) is 5.14 Å². The number of aromatic amines is 1. The van der Waals surface area contributed by atoms with Crippen LogP contribution in [0.1, 0.15) is 26.0 Å². The van der Waals surface area contributed by atoms with E-state index >= 15 is 0 Å². The van der Waals surface area contributed by atoms with Crippen molar-refractivity contribution in [3.63, 3.8) is 0 Å². The summed E-state index contributed by atoms with van der Waals surface area (Å²) >= 11 is 1.14. The molecular formula is C16H20N4O4S2. The second-order valence-corrected chi connectivity index (χ2v) is 8.50. The maximum atomic E-state index is 12.3. The predicted molar refractivity (Wildman–Crippen MR) is 101 cm³/mol. The number of benzene rings is 1. The molecular weight excluding hydrogens is 376 g/mol. The number of primary sulfonamides is 1. The molecule has 0 bridgehead atoms. The number of hydrogen-bond donors (Lipinski definition) is 3. The van der Waals surface area contributed by atoms with Gasteiger partial charge >= 0.3 is 0 Å². The molecule has 1 amide bonds. The summed E-state index contributed by atoms with van der Waals surface area (Å²) < 4.78 is 22.5. The third-order valence-electron chi connectivity index (χ3n) is 3.39. The number of nitrogens with two attached hydrogens (primary N) is 1. The Bertz CT molecular complexity index is 939. The summed E-state index contributed by atoms with van der Waals surface area (Å²) in [6.07, 6.45) is 1.56. The van der Waals surface area contributed by atoms with E-state index in [0.717, 1.165) is 18.2 Å². The van der Waals surface area contributed by atoms with Gasteiger partial charge in [-0.3, -0.25) is 9.59 Å². The number of anilines is 1. The fraction of sp³-hybridized carbons (Fsp3) is 0.312. The quantitative estimate of drug-likeness (QED) is 0.479. The number of sulfonamides is 1. The summed E-state index contributed by atoms with van der Waals surface area (Å²) in [7, 11) is -3.78. The number of aromatic nitrogens is 2. The first-order chi connectivity index (χ1) is 12.2. The van der Waals surface area contributed by atoms with Crippen LogP contribution in [0.25, 0.3) is 0 Å². The largest absolute Gasteiger partial charge is 0.325 e. The smallest absolute Gasteiger partial charge is 0.251 e. The minimum absolute atomic E-state index is 0.0348. The first kappa shape index (κ1) is 20.1. The van der Waals surface area contributed by atoms with E-state index < -0.39 is 15.3 Å². The van der Waals surface area contributed by atoms with Gasteiger partial charge in [-0.05, 0) is 37.6 Å². The van der Waals surface area contributed by atoms with Gasteiger partial charge in [0.15, 0.2) is 5.16 Å². The lowest BCUT2D eigenvalue weighted by molar-refractivity contribution is -0.115. The molecule has 0 aliphatic rings. The second-order valence-electron chi connectivity index (χ2n) is 5.61. The lowest BCUT2D eigenvalue weighted by Gasteiger charge is -2.12. The number of carbonyl (C=O) groups excluding carboxylic acids is 1. The van der Waals surface area contributed by atoms with Crippen LogP contribution < -0.4 is 16.0 Å². The van der Waals surface area contributed by atoms with Crippen LogP contribution in [0.5, 0.6) is 0 Å². The minimum atomic E-state index is -3.78. The molecule has 0 saturated heterocycles. The zero-order valence-electron chi connectivity index (χ0n) is 14.4. The van der Waals surface area contributed by atoms with Crippen molar-refractivity contribution in [3.05, 3.63) is 46.4 Å². The number of aryl methyl sites for hydroxylation is 1. The van der Waals surface area contributed by atoms with Gasteiger partial charge in [-0.15, -0.1) is 0 Å². The topological polar surface area (TPSA) is 135 Å². The first-order valence-electron chi connectivity index (χ1n) is 7.89. The van der Waals surface area contributed by atoms with Crippen LogP contribution in [-0.4, -0.2) is 29.5 Å². The van der Waals surface area contributed by atoms with E-state index in [9.17, 15) is 18.0 Å². The highest BCUT2D eigenvalue weighted by molar-refractivity contribution is 8.00. The number of nitrogens with zero attached hydrogens (tertiary/aromatic N) is 1. The van der Waals surface area contributed by atoms with Gasteiger partial charge in [0, 0.05) is 17.4 Å². The summed E-state index contributed by atoms with van der Waals surface area (Å²) in [5, 5.41) is 7.58. The lowest BCUT2D eigenvalue weighted by Crippen LogP contribution is -2.23. The number of nitrogens with one attached hydrogen (secondary N) is 2. The predicted octanol–water partition coefficient (Wildman–Crippen LogP) is 1.49. The Labute approximate surface area is 155 Å². The molecule has 1 aromatic heterocycles. The van der Waals surface area contributed by atoms with Gasteiger partial charge in [0.1, 0.15) is 0 Å². The molecule has 140 valence electrons. The zero-order chi connectivity index (χ0) is 19.3. The van der Waals surface area contributed by atoms with Crippen LogP contribution in [0.3, 0.4) is 0 Å². The van der Waals surface area contributed by atoms with Crippen molar-refractivity contribution in [1.29, 1.82) is 0 Å². The van der Waals surface area contributed by atoms with Gasteiger partial charge in [0.2, 0.25) is 15.9 Å². The maximum Gasteiger partial charge on any atom is 0.251 e. The number of rotatable bonds is 7. The molecule has 0 saturated carbocycles. The number of amides is 1. The number of hydrogen-bond acceptors (Lipinski definition) is 6. The van der Waals surface area contributed by atoms with Gasteiger partial charge in [0.05, 0.1) is 10.1 Å². The van der Waals surface area contributed by atoms with Gasteiger partial charge in [-0.1, -0.05) is 25.1 Å². The molecule has 2 aromatic rings. The van der Waals surface area contributed by atoms with Crippen LogP contribution in [-0.2, 0) is 21.2 Å². The second kappa shape index (κ2) is 8.47. The Morgan fingerprint density at radius 1 is 1.35 bits per heavy atom. The highest BCUT2D eigenvalue weighted by Crippen LogP contribution is 2.21. The average molecular weight is 396 g/mol. The number of carbonyl (C=O) groups is 1. The summed E-state index contributed by atoms with van der Waals surface area (Å²) in [5.74, 6) is -0.304. The van der Waals surface area contributed by atoms with E-state index in [0.29, 0.717) is 23.0 Å². The molecule has 8 nitrogen and oxygen atoms in total. The van der Waals surface area contributed by atoms with E-state index in [4.69, 9.17) is 5.14 Å². The van der Waals surface area contributed by atoms with Gasteiger partial charge < -0.3 is 10.3 Å². The van der Waals surface area contributed by atoms with Crippen LogP contribution in [0, 0.1) is 0 Å². The van der Waals surface area contributed by atoms with Crippen molar-refractivity contribution in [3.8, 4) is 0 Å². The molecule has 4 N–H and O–H groups in total. The lowest BCUT2D eigenvalue weighted by atomic mass is 10.2. The van der Waals surface area contributed by atoms with E-state index in [1.54, 1.807) is 6.92 Å². The molecule has 0 fully saturated rings. The Morgan fingerprint density at radius 3 is 2.58 bits per heavy atom. The molecule has 10 heteroatoms. The van der Waals surface area contributed by atoms with Gasteiger partial charge in [-0.2, -0.15) is 0 Å². The highest BCUT2D eigenvalue weighted by Gasteiger charge is 2.17. The normalized spacial score (nSPS) is 12.6. The van der Waals surface area contributed by atoms with Crippen molar-refractivity contribution >= 4 is 33.4 Å². The molecule has 1 heterocycles. The molecule has 1 aromatic carbocycles. The molecule has 0 spiro atoms. The van der Waals surface area contributed by atoms with Crippen LogP contribution in [0.15, 0.2) is 45.2 Å². The monoisotopic (exact) mass is 396 g/mol. The maximum absolute atomic E-state index is 12.3.